The number of hydrogen-bond acceptors (Lipinski definition) is 4. The number of nitrogens with one attached hydrogen (secondary N) is 2. The first-order chi connectivity index (χ1) is 9.92. The van der Waals surface area contributed by atoms with E-state index in [1.165, 1.54) is 12.1 Å². The van der Waals surface area contributed by atoms with E-state index in [0.717, 1.165) is 5.69 Å². The third kappa shape index (κ3) is 3.83. The molecule has 0 spiro atoms. The normalized spacial score (nSPS) is 21.4. The Hall–Kier alpha value is -1.86. The third-order valence-electron chi connectivity index (χ3n) is 3.25. The topological polar surface area (TPSA) is 95.5 Å². The molecule has 114 valence electrons. The van der Waals surface area contributed by atoms with Crippen LogP contribution in [0, 0.1) is 5.92 Å². The van der Waals surface area contributed by atoms with Crippen LogP contribution >= 0.6 is 0 Å². The van der Waals surface area contributed by atoms with Crippen molar-refractivity contribution in [2.45, 2.75) is 24.3 Å². The minimum absolute atomic E-state index is 0.0534. The van der Waals surface area contributed by atoms with Crippen molar-refractivity contribution in [3.05, 3.63) is 36.4 Å². The van der Waals surface area contributed by atoms with Crippen molar-refractivity contribution in [1.29, 1.82) is 0 Å². The molecule has 2 unspecified atom stereocenters. The molecule has 1 aromatic rings. The summed E-state index contributed by atoms with van der Waals surface area (Å²) in [4.78, 5) is 11.1. The fraction of sp³-hybridized carbons (Fsp3) is 0.357. The third-order valence-corrected chi connectivity index (χ3v) is 4.81. The van der Waals surface area contributed by atoms with Crippen LogP contribution in [-0.2, 0) is 14.8 Å². The van der Waals surface area contributed by atoms with Gasteiger partial charge in [-0.2, -0.15) is 0 Å². The largest absolute Gasteiger partial charge is 0.481 e. The summed E-state index contributed by atoms with van der Waals surface area (Å²) in [7, 11) is -3.44. The van der Waals surface area contributed by atoms with E-state index in [0.29, 0.717) is 13.0 Å². The van der Waals surface area contributed by atoms with Crippen LogP contribution in [0.4, 0.5) is 5.69 Å². The maximum atomic E-state index is 11.8. The molecule has 0 radical (unpaired) electrons. The monoisotopic (exact) mass is 310 g/mol. The van der Waals surface area contributed by atoms with Crippen molar-refractivity contribution in [3.63, 3.8) is 0 Å². The number of carboxylic acid groups (broad SMARTS) is 1. The summed E-state index contributed by atoms with van der Waals surface area (Å²) in [5, 5.41) is 12.1. The molecule has 1 aromatic carbocycles. The predicted molar refractivity (Wildman–Crippen MR) is 79.6 cm³/mol. The average Bonchev–Trinajstić information content (AvgIpc) is 2.88. The molecule has 6 nitrogen and oxygen atoms in total. The van der Waals surface area contributed by atoms with Crippen molar-refractivity contribution in [2.75, 3.05) is 11.9 Å². The second-order valence-electron chi connectivity index (χ2n) is 4.84. The van der Waals surface area contributed by atoms with E-state index in [1.807, 2.05) is 6.08 Å². The van der Waals surface area contributed by atoms with Crippen LogP contribution in [0.2, 0.25) is 0 Å². The lowest BCUT2D eigenvalue weighted by molar-refractivity contribution is -0.140. The standard InChI is InChI=1S/C14H18N2O4S/c1-2-15-21(19,20)13-7-5-11(6-8-13)16-12-4-3-10(9-12)14(17)18/h3-8,10,12,15-16H,2,9H2,1H3,(H,17,18). The highest BCUT2D eigenvalue weighted by molar-refractivity contribution is 7.89. The lowest BCUT2D eigenvalue weighted by Gasteiger charge is -2.14. The van der Waals surface area contributed by atoms with Crippen molar-refractivity contribution in [3.8, 4) is 0 Å². The summed E-state index contributed by atoms with van der Waals surface area (Å²) >= 11 is 0. The van der Waals surface area contributed by atoms with E-state index in [1.54, 1.807) is 25.1 Å². The average molecular weight is 310 g/mol. The Balaban J connectivity index is 2.01. The maximum absolute atomic E-state index is 11.8. The first-order valence-corrected chi connectivity index (χ1v) is 8.18. The highest BCUT2D eigenvalue weighted by atomic mass is 32.2. The molecule has 1 aliphatic rings. The van der Waals surface area contributed by atoms with Crippen LogP contribution in [0.3, 0.4) is 0 Å². The zero-order valence-corrected chi connectivity index (χ0v) is 12.4. The second-order valence-corrected chi connectivity index (χ2v) is 6.61. The SMILES string of the molecule is CCNS(=O)(=O)c1ccc(NC2C=CC(C(=O)O)C2)cc1. The molecule has 0 bridgehead atoms. The minimum atomic E-state index is -3.44. The van der Waals surface area contributed by atoms with E-state index in [4.69, 9.17) is 5.11 Å². The Morgan fingerprint density at radius 3 is 2.48 bits per heavy atom. The molecule has 0 amide bonds. The number of rotatable bonds is 6. The number of sulfonamides is 1. The molecule has 2 rings (SSSR count). The van der Waals surface area contributed by atoms with E-state index in [9.17, 15) is 13.2 Å². The van der Waals surface area contributed by atoms with Gasteiger partial charge in [0.1, 0.15) is 0 Å². The predicted octanol–water partition coefficient (Wildman–Crippen LogP) is 1.43. The summed E-state index contributed by atoms with van der Waals surface area (Å²) in [6.07, 6.45) is 3.98. The molecule has 3 N–H and O–H groups in total. The number of aliphatic carboxylic acids is 1. The molecule has 2 atom stereocenters. The first-order valence-electron chi connectivity index (χ1n) is 6.70. The molecule has 0 fully saturated rings. The van der Waals surface area contributed by atoms with E-state index < -0.39 is 21.9 Å². The lowest BCUT2D eigenvalue weighted by atomic mass is 10.1. The van der Waals surface area contributed by atoms with E-state index in [-0.39, 0.29) is 10.9 Å². The Kier molecular flexibility index (Phi) is 4.64. The molecule has 7 heteroatoms. The molecule has 21 heavy (non-hydrogen) atoms. The Morgan fingerprint density at radius 2 is 1.95 bits per heavy atom. The van der Waals surface area contributed by atoms with Gasteiger partial charge in [-0.05, 0) is 30.7 Å². The summed E-state index contributed by atoms with van der Waals surface area (Å²) in [5.74, 6) is -1.29. The molecule has 0 saturated heterocycles. The van der Waals surface area contributed by atoms with Gasteiger partial charge in [-0.15, -0.1) is 0 Å². The van der Waals surface area contributed by atoms with Crippen LogP contribution in [0.25, 0.3) is 0 Å². The maximum Gasteiger partial charge on any atom is 0.310 e. The summed E-state index contributed by atoms with van der Waals surface area (Å²) in [5.41, 5.74) is 0.756. The quantitative estimate of drug-likeness (QED) is 0.691. The zero-order chi connectivity index (χ0) is 15.5. The van der Waals surface area contributed by atoms with Gasteiger partial charge in [-0.25, -0.2) is 13.1 Å². The van der Waals surface area contributed by atoms with Gasteiger partial charge in [0.25, 0.3) is 0 Å². The first kappa shape index (κ1) is 15.5. The van der Waals surface area contributed by atoms with Gasteiger partial charge in [-0.3, -0.25) is 4.79 Å². The van der Waals surface area contributed by atoms with Crippen LogP contribution in [0.5, 0.6) is 0 Å². The molecular weight excluding hydrogens is 292 g/mol. The summed E-state index contributed by atoms with van der Waals surface area (Å²) in [6, 6.07) is 6.34. The Bertz CT molecular complexity index is 637. The van der Waals surface area contributed by atoms with Crippen molar-refractivity contribution in [2.24, 2.45) is 5.92 Å². The van der Waals surface area contributed by atoms with Crippen LogP contribution in [0.1, 0.15) is 13.3 Å². The molecular formula is C14H18N2O4S. The fourth-order valence-corrected chi connectivity index (χ4v) is 3.25. The van der Waals surface area contributed by atoms with Gasteiger partial charge in [0.2, 0.25) is 10.0 Å². The van der Waals surface area contributed by atoms with Crippen molar-refractivity contribution in [1.82, 2.24) is 4.72 Å². The highest BCUT2D eigenvalue weighted by Gasteiger charge is 2.24. The smallest absolute Gasteiger partial charge is 0.310 e. The minimum Gasteiger partial charge on any atom is -0.481 e. The van der Waals surface area contributed by atoms with E-state index >= 15 is 0 Å². The van der Waals surface area contributed by atoms with E-state index in [2.05, 4.69) is 10.0 Å². The van der Waals surface area contributed by atoms with Gasteiger partial charge >= 0.3 is 5.97 Å². The molecule has 1 aliphatic carbocycles. The van der Waals surface area contributed by atoms with Gasteiger partial charge in [0.15, 0.2) is 0 Å². The zero-order valence-electron chi connectivity index (χ0n) is 11.6. The fourth-order valence-electron chi connectivity index (χ4n) is 2.21. The number of anilines is 1. The van der Waals surface area contributed by atoms with Crippen LogP contribution in [0.15, 0.2) is 41.3 Å². The number of carboxylic acids is 1. The van der Waals surface area contributed by atoms with Gasteiger partial charge in [0.05, 0.1) is 10.8 Å². The highest BCUT2D eigenvalue weighted by Crippen LogP contribution is 2.22. The Labute approximate surface area is 123 Å². The van der Waals surface area contributed by atoms with Gasteiger partial charge in [-0.1, -0.05) is 19.1 Å². The van der Waals surface area contributed by atoms with Crippen LogP contribution in [-0.4, -0.2) is 32.1 Å². The number of hydrogen-bond donors (Lipinski definition) is 3. The second kappa shape index (κ2) is 6.28. The molecule has 0 aromatic heterocycles. The molecule has 0 aliphatic heterocycles. The lowest BCUT2D eigenvalue weighted by Crippen LogP contribution is -2.23. The van der Waals surface area contributed by atoms with Gasteiger partial charge < -0.3 is 10.4 Å². The van der Waals surface area contributed by atoms with Crippen LogP contribution < -0.4 is 10.0 Å². The Morgan fingerprint density at radius 1 is 1.29 bits per heavy atom. The van der Waals surface area contributed by atoms with Gasteiger partial charge in [0, 0.05) is 18.3 Å². The molecule has 0 heterocycles. The number of benzene rings is 1. The summed E-state index contributed by atoms with van der Waals surface area (Å²) in [6.45, 7) is 2.06. The number of carbonyl (C=O) groups is 1. The summed E-state index contributed by atoms with van der Waals surface area (Å²) < 4.78 is 26.0. The van der Waals surface area contributed by atoms with Crippen molar-refractivity contribution >= 4 is 21.7 Å². The van der Waals surface area contributed by atoms with Crippen molar-refractivity contribution < 1.29 is 18.3 Å². The molecule has 0 saturated carbocycles.